The van der Waals surface area contributed by atoms with E-state index < -0.39 is 54.2 Å². The number of nitro groups is 1. The molecular weight excluding hydrogens is 491 g/mol. The van der Waals surface area contributed by atoms with Gasteiger partial charge in [0, 0.05) is 12.1 Å². The van der Waals surface area contributed by atoms with Crippen LogP contribution in [0.1, 0.15) is 11.6 Å². The lowest BCUT2D eigenvalue weighted by Gasteiger charge is -2.40. The molecule has 1 fully saturated rings. The Morgan fingerprint density at radius 2 is 2.00 bits per heavy atom. The van der Waals surface area contributed by atoms with E-state index in [1.165, 1.54) is 24.3 Å². The summed E-state index contributed by atoms with van der Waals surface area (Å²) in [5, 5.41) is 20.9. The van der Waals surface area contributed by atoms with Crippen LogP contribution in [-0.2, 0) is 4.79 Å². The van der Waals surface area contributed by atoms with Crippen LogP contribution in [0.5, 0.6) is 5.75 Å². The molecule has 1 saturated heterocycles. The smallest absolute Gasteiger partial charge is 0.407 e. The molecule has 1 N–H and O–H groups in total. The standard InChI is InChI=1S/C18H13BrF3N3O6/c19-10-5-12(13(25(29)30)6-11(10)20)24-14(7-23(18(27)28)8-16(24)26)9-3-1-2-4-15(9)31-17(21)22/h1-6,14,17H,7-8H2,(H,27,28). The molecule has 9 nitrogen and oxygen atoms in total. The van der Waals surface area contributed by atoms with Gasteiger partial charge in [-0.05, 0) is 28.1 Å². The fraction of sp³-hybridized carbons (Fsp3) is 0.222. The zero-order valence-corrected chi connectivity index (χ0v) is 17.0. The van der Waals surface area contributed by atoms with Crippen LogP contribution in [0.25, 0.3) is 0 Å². The molecule has 2 aromatic carbocycles. The molecule has 0 bridgehead atoms. The van der Waals surface area contributed by atoms with Crippen LogP contribution in [-0.4, -0.2) is 46.6 Å². The Bertz CT molecular complexity index is 1050. The highest BCUT2D eigenvalue weighted by molar-refractivity contribution is 9.10. The number of carbonyl (C=O) groups is 2. The second-order valence-electron chi connectivity index (χ2n) is 6.37. The Labute approximate surface area is 180 Å². The van der Waals surface area contributed by atoms with E-state index in [0.29, 0.717) is 6.07 Å². The number of benzene rings is 2. The lowest BCUT2D eigenvalue weighted by atomic mass is 9.99. The number of alkyl halides is 2. The lowest BCUT2D eigenvalue weighted by Crippen LogP contribution is -2.54. The number of carboxylic acid groups (broad SMARTS) is 1. The van der Waals surface area contributed by atoms with E-state index in [2.05, 4.69) is 20.7 Å². The summed E-state index contributed by atoms with van der Waals surface area (Å²) in [6.07, 6.45) is -1.44. The third kappa shape index (κ3) is 4.55. The number of amides is 2. The van der Waals surface area contributed by atoms with E-state index in [1.807, 2.05) is 0 Å². The molecule has 0 radical (unpaired) electrons. The average molecular weight is 504 g/mol. The molecular formula is C18H13BrF3N3O6. The highest BCUT2D eigenvalue weighted by Gasteiger charge is 2.41. The van der Waals surface area contributed by atoms with Crippen LogP contribution >= 0.6 is 15.9 Å². The van der Waals surface area contributed by atoms with Crippen LogP contribution in [0.4, 0.5) is 29.3 Å². The first kappa shape index (κ1) is 22.3. The zero-order valence-electron chi connectivity index (χ0n) is 15.4. The highest BCUT2D eigenvalue weighted by Crippen LogP contribution is 2.41. The first-order chi connectivity index (χ1) is 14.6. The minimum atomic E-state index is -3.21. The maximum absolute atomic E-state index is 13.9. The second-order valence-corrected chi connectivity index (χ2v) is 7.23. The number of hydrogen-bond acceptors (Lipinski definition) is 5. The molecule has 1 atom stereocenters. The molecule has 0 spiro atoms. The molecule has 0 aliphatic carbocycles. The van der Waals surface area contributed by atoms with Gasteiger partial charge in [-0.2, -0.15) is 8.78 Å². The largest absolute Gasteiger partial charge is 0.465 e. The number of rotatable bonds is 5. The summed E-state index contributed by atoms with van der Waals surface area (Å²) in [5.41, 5.74) is -1.09. The SMILES string of the molecule is O=C(O)N1CC(=O)N(c2cc(Br)c(F)cc2[N+](=O)[O-])C(c2ccccc2OC(F)F)C1. The van der Waals surface area contributed by atoms with Gasteiger partial charge in [0.05, 0.1) is 21.5 Å². The van der Waals surface area contributed by atoms with Gasteiger partial charge in [0.1, 0.15) is 23.8 Å². The number of nitro benzene ring substituents is 1. The third-order valence-corrected chi connectivity index (χ3v) is 5.15. The molecule has 1 unspecified atom stereocenters. The first-order valence-corrected chi connectivity index (χ1v) is 9.36. The van der Waals surface area contributed by atoms with Crippen molar-refractivity contribution in [1.82, 2.24) is 4.90 Å². The van der Waals surface area contributed by atoms with E-state index in [1.54, 1.807) is 0 Å². The molecule has 164 valence electrons. The maximum atomic E-state index is 13.9. The van der Waals surface area contributed by atoms with Crippen molar-refractivity contribution in [3.63, 3.8) is 0 Å². The van der Waals surface area contributed by atoms with Crippen molar-refractivity contribution in [1.29, 1.82) is 0 Å². The molecule has 2 amide bonds. The second kappa shape index (κ2) is 8.79. The molecule has 1 aliphatic heterocycles. The summed E-state index contributed by atoms with van der Waals surface area (Å²) in [7, 11) is 0. The zero-order chi connectivity index (χ0) is 22.9. The molecule has 0 aromatic heterocycles. The molecule has 31 heavy (non-hydrogen) atoms. The minimum Gasteiger partial charge on any atom is -0.465 e. The predicted octanol–water partition coefficient (Wildman–Crippen LogP) is 4.17. The topological polar surface area (TPSA) is 113 Å². The maximum Gasteiger partial charge on any atom is 0.407 e. The summed E-state index contributed by atoms with van der Waals surface area (Å²) >= 11 is 2.91. The van der Waals surface area contributed by atoms with Gasteiger partial charge in [0.15, 0.2) is 0 Å². The molecule has 1 aliphatic rings. The van der Waals surface area contributed by atoms with Crippen molar-refractivity contribution in [2.24, 2.45) is 0 Å². The van der Waals surface area contributed by atoms with Crippen molar-refractivity contribution < 1.29 is 37.5 Å². The number of piperazine rings is 1. The monoisotopic (exact) mass is 503 g/mol. The number of para-hydroxylation sites is 1. The molecule has 3 rings (SSSR count). The summed E-state index contributed by atoms with van der Waals surface area (Å²) < 4.78 is 44.0. The van der Waals surface area contributed by atoms with Crippen LogP contribution in [0, 0.1) is 15.9 Å². The van der Waals surface area contributed by atoms with Crippen molar-refractivity contribution in [3.05, 3.63) is 62.4 Å². The van der Waals surface area contributed by atoms with Crippen LogP contribution < -0.4 is 9.64 Å². The van der Waals surface area contributed by atoms with Crippen LogP contribution in [0.2, 0.25) is 0 Å². The molecule has 13 heteroatoms. The number of carbonyl (C=O) groups excluding carboxylic acids is 1. The van der Waals surface area contributed by atoms with Gasteiger partial charge >= 0.3 is 12.7 Å². The Hall–Kier alpha value is -3.35. The fourth-order valence-corrected chi connectivity index (χ4v) is 3.61. The molecule has 0 saturated carbocycles. The van der Waals surface area contributed by atoms with E-state index >= 15 is 0 Å². The van der Waals surface area contributed by atoms with Gasteiger partial charge in [-0.15, -0.1) is 0 Å². The van der Waals surface area contributed by atoms with Crippen molar-refractivity contribution in [3.8, 4) is 5.75 Å². The summed E-state index contributed by atoms with van der Waals surface area (Å²) in [4.78, 5) is 36.7. The van der Waals surface area contributed by atoms with Gasteiger partial charge in [0.2, 0.25) is 5.91 Å². The van der Waals surface area contributed by atoms with Gasteiger partial charge < -0.3 is 9.84 Å². The first-order valence-electron chi connectivity index (χ1n) is 8.57. The third-order valence-electron chi connectivity index (χ3n) is 4.54. The van der Waals surface area contributed by atoms with E-state index in [-0.39, 0.29) is 21.5 Å². The minimum absolute atomic E-state index is 0.00292. The number of nitrogens with zero attached hydrogens (tertiary/aromatic N) is 3. The average Bonchev–Trinajstić information content (AvgIpc) is 2.69. The van der Waals surface area contributed by atoms with Crippen LogP contribution in [0.3, 0.4) is 0 Å². The van der Waals surface area contributed by atoms with Crippen molar-refractivity contribution in [2.45, 2.75) is 12.7 Å². The Morgan fingerprint density at radius 3 is 2.61 bits per heavy atom. The van der Waals surface area contributed by atoms with Gasteiger partial charge in [-0.1, -0.05) is 18.2 Å². The number of hydrogen-bond donors (Lipinski definition) is 1. The number of halogens is 4. The van der Waals surface area contributed by atoms with Gasteiger partial charge in [-0.25, -0.2) is 9.18 Å². The van der Waals surface area contributed by atoms with Gasteiger partial charge in [-0.3, -0.25) is 24.7 Å². The Kier molecular flexibility index (Phi) is 6.34. The van der Waals surface area contributed by atoms with Crippen molar-refractivity contribution >= 4 is 39.3 Å². The summed E-state index contributed by atoms with van der Waals surface area (Å²) in [6.45, 7) is -4.24. The quantitative estimate of drug-likeness (QED) is 0.483. The predicted molar refractivity (Wildman–Crippen MR) is 104 cm³/mol. The normalized spacial score (nSPS) is 16.5. The Balaban J connectivity index is 2.21. The Morgan fingerprint density at radius 1 is 1.32 bits per heavy atom. The van der Waals surface area contributed by atoms with Crippen molar-refractivity contribution in [2.75, 3.05) is 18.0 Å². The highest BCUT2D eigenvalue weighted by atomic mass is 79.9. The fourth-order valence-electron chi connectivity index (χ4n) is 3.28. The summed E-state index contributed by atoms with van der Waals surface area (Å²) in [5.74, 6) is -2.16. The van der Waals surface area contributed by atoms with Gasteiger partial charge in [0.25, 0.3) is 5.69 Å². The number of anilines is 1. The molecule has 2 aromatic rings. The lowest BCUT2D eigenvalue weighted by molar-refractivity contribution is -0.384. The van der Waals surface area contributed by atoms with E-state index in [9.17, 15) is 38.0 Å². The van der Waals surface area contributed by atoms with E-state index in [4.69, 9.17) is 0 Å². The summed E-state index contributed by atoms with van der Waals surface area (Å²) in [6, 6.07) is 5.72. The van der Waals surface area contributed by atoms with Crippen LogP contribution in [0.15, 0.2) is 40.9 Å². The number of ether oxygens (including phenoxy) is 1. The molecule has 1 heterocycles. The van der Waals surface area contributed by atoms with E-state index in [0.717, 1.165) is 15.9 Å².